The van der Waals surface area contributed by atoms with Crippen LogP contribution in [0.15, 0.2) is 62.9 Å². The zero-order valence-electron chi connectivity index (χ0n) is 13.9. The van der Waals surface area contributed by atoms with E-state index in [1.165, 1.54) is 18.5 Å². The van der Waals surface area contributed by atoms with Gasteiger partial charge in [-0.3, -0.25) is 14.3 Å². The summed E-state index contributed by atoms with van der Waals surface area (Å²) in [5, 5.41) is 0.234. The Bertz CT molecular complexity index is 1210. The quantitative estimate of drug-likeness (QED) is 0.529. The highest BCUT2D eigenvalue weighted by Gasteiger charge is 2.17. The number of benzene rings is 1. The molecule has 0 spiro atoms. The Morgan fingerprint density at radius 3 is 2.81 bits per heavy atom. The van der Waals surface area contributed by atoms with Crippen molar-refractivity contribution in [3.05, 3.63) is 86.0 Å². The van der Waals surface area contributed by atoms with Gasteiger partial charge in [0.05, 0.1) is 11.6 Å². The number of hydrogen-bond donors (Lipinski definition) is 1. The summed E-state index contributed by atoms with van der Waals surface area (Å²) in [6, 6.07) is 10.7. The van der Waals surface area contributed by atoms with Crippen LogP contribution in [-0.2, 0) is 17.9 Å². The smallest absolute Gasteiger partial charge is 0.348 e. The number of aromatic nitrogens is 3. The molecule has 0 fully saturated rings. The molecule has 27 heavy (non-hydrogen) atoms. The fourth-order valence-corrected chi connectivity index (χ4v) is 3.48. The van der Waals surface area contributed by atoms with E-state index in [2.05, 4.69) is 9.97 Å². The van der Waals surface area contributed by atoms with Crippen LogP contribution in [-0.4, -0.2) is 20.5 Å². The first-order chi connectivity index (χ1) is 13.1. The van der Waals surface area contributed by atoms with Crippen LogP contribution in [0.5, 0.6) is 0 Å². The predicted molar refractivity (Wildman–Crippen MR) is 97.9 cm³/mol. The molecule has 3 aromatic heterocycles. The lowest BCUT2D eigenvalue weighted by molar-refractivity contribution is 0.0478. The Morgan fingerprint density at radius 1 is 1.26 bits per heavy atom. The Morgan fingerprint density at radius 2 is 2.07 bits per heavy atom. The number of nitrogens with zero attached hydrogens (tertiary/aromatic N) is 2. The summed E-state index contributed by atoms with van der Waals surface area (Å²) >= 11 is 1.00. The molecule has 0 radical (unpaired) electrons. The molecule has 1 N–H and O–H groups in total. The summed E-state index contributed by atoms with van der Waals surface area (Å²) in [5.74, 6) is -0.320. The molecule has 136 valence electrons. The maximum atomic E-state index is 12.6. The van der Waals surface area contributed by atoms with Crippen LogP contribution in [0, 0.1) is 0 Å². The molecule has 4 aromatic rings. The van der Waals surface area contributed by atoms with Crippen molar-refractivity contribution >= 4 is 27.5 Å². The Balaban J connectivity index is 1.62. The van der Waals surface area contributed by atoms with Crippen LogP contribution in [0.1, 0.15) is 21.1 Å². The van der Waals surface area contributed by atoms with Gasteiger partial charge in [-0.05, 0) is 11.6 Å². The first-order valence-electron chi connectivity index (χ1n) is 7.98. The number of carbonyl (C=O) groups is 1. The fourth-order valence-electron chi connectivity index (χ4n) is 2.55. The molecule has 0 aliphatic carbocycles. The van der Waals surface area contributed by atoms with Crippen LogP contribution in [0.25, 0.3) is 10.2 Å². The highest BCUT2D eigenvalue weighted by atomic mass is 32.1. The Labute approximate surface area is 155 Å². The van der Waals surface area contributed by atoms with Gasteiger partial charge in [0.2, 0.25) is 5.89 Å². The van der Waals surface area contributed by atoms with E-state index in [0.717, 1.165) is 21.5 Å². The van der Waals surface area contributed by atoms with E-state index in [1.54, 1.807) is 0 Å². The van der Waals surface area contributed by atoms with Gasteiger partial charge in [-0.15, -0.1) is 11.3 Å². The lowest BCUT2D eigenvalue weighted by Crippen LogP contribution is -2.34. The van der Waals surface area contributed by atoms with Crippen molar-refractivity contribution in [2.45, 2.75) is 13.2 Å². The average molecular weight is 383 g/mol. The maximum Gasteiger partial charge on any atom is 0.348 e. The van der Waals surface area contributed by atoms with Gasteiger partial charge < -0.3 is 9.15 Å². The van der Waals surface area contributed by atoms with Gasteiger partial charge in [-0.2, -0.15) is 0 Å². The molecule has 9 heteroatoms. The standard InChI is InChI=1S/C18H13N3O5S/c22-16-12-8-13(17(23)26-10-11-4-2-1-3-5-11)27-15(12)20-18(24)21(16)9-14-19-6-7-25-14/h1-8H,9-10H2,(H,20,24). The number of esters is 1. The molecule has 0 unspecified atom stereocenters. The number of thiophene rings is 1. The summed E-state index contributed by atoms with van der Waals surface area (Å²) in [6.07, 6.45) is 2.79. The van der Waals surface area contributed by atoms with Crippen LogP contribution in [0.2, 0.25) is 0 Å². The summed E-state index contributed by atoms with van der Waals surface area (Å²) in [6.45, 7) is 0.0274. The molecule has 0 bridgehead atoms. The minimum atomic E-state index is -0.600. The normalized spacial score (nSPS) is 11.0. The number of aromatic amines is 1. The van der Waals surface area contributed by atoms with Crippen LogP contribution in [0.4, 0.5) is 0 Å². The number of nitrogens with one attached hydrogen (secondary N) is 1. The number of rotatable bonds is 5. The van der Waals surface area contributed by atoms with Crippen molar-refractivity contribution in [2.24, 2.45) is 0 Å². The second kappa shape index (κ2) is 7.04. The lowest BCUT2D eigenvalue weighted by atomic mass is 10.2. The molecule has 0 amide bonds. The third kappa shape index (κ3) is 3.44. The minimum absolute atomic E-state index is 0.0965. The lowest BCUT2D eigenvalue weighted by Gasteiger charge is -2.02. The largest absolute Gasteiger partial charge is 0.457 e. The molecule has 1 aromatic carbocycles. The van der Waals surface area contributed by atoms with E-state index in [0.29, 0.717) is 4.83 Å². The van der Waals surface area contributed by atoms with Crippen molar-refractivity contribution in [1.29, 1.82) is 0 Å². The monoisotopic (exact) mass is 383 g/mol. The summed E-state index contributed by atoms with van der Waals surface area (Å²) in [7, 11) is 0. The van der Waals surface area contributed by atoms with Gasteiger partial charge in [0, 0.05) is 0 Å². The number of H-pyrrole nitrogens is 1. The summed E-state index contributed by atoms with van der Waals surface area (Å²) in [5.41, 5.74) is -0.268. The third-order valence-electron chi connectivity index (χ3n) is 3.86. The van der Waals surface area contributed by atoms with E-state index in [9.17, 15) is 14.4 Å². The topological polar surface area (TPSA) is 107 Å². The Hall–Kier alpha value is -3.46. The SMILES string of the molecule is O=C(OCc1ccccc1)c1cc2c(=O)n(Cc3ncco3)c(=O)[nH]c2s1. The van der Waals surface area contributed by atoms with Crippen molar-refractivity contribution < 1.29 is 13.9 Å². The van der Waals surface area contributed by atoms with Crippen molar-refractivity contribution in [3.63, 3.8) is 0 Å². The Kier molecular flexibility index (Phi) is 4.43. The first kappa shape index (κ1) is 17.0. The zero-order valence-corrected chi connectivity index (χ0v) is 14.7. The van der Waals surface area contributed by atoms with E-state index < -0.39 is 17.2 Å². The highest BCUT2D eigenvalue weighted by Crippen LogP contribution is 2.21. The van der Waals surface area contributed by atoms with Gasteiger partial charge >= 0.3 is 11.7 Å². The van der Waals surface area contributed by atoms with E-state index in [4.69, 9.17) is 9.15 Å². The molecule has 3 heterocycles. The number of oxazole rings is 1. The van der Waals surface area contributed by atoms with E-state index in [-0.39, 0.29) is 29.3 Å². The van der Waals surface area contributed by atoms with Crippen molar-refractivity contribution in [3.8, 4) is 0 Å². The molecular weight excluding hydrogens is 370 g/mol. The molecule has 0 aliphatic rings. The molecule has 0 aliphatic heterocycles. The number of carbonyl (C=O) groups excluding carboxylic acids is 1. The molecule has 4 rings (SSSR count). The minimum Gasteiger partial charge on any atom is -0.457 e. The first-order valence-corrected chi connectivity index (χ1v) is 8.79. The molecular formula is C18H13N3O5S. The van der Waals surface area contributed by atoms with Crippen LogP contribution < -0.4 is 11.2 Å². The maximum absolute atomic E-state index is 12.6. The van der Waals surface area contributed by atoms with Gasteiger partial charge in [0.25, 0.3) is 5.56 Å². The van der Waals surface area contributed by atoms with Crippen LogP contribution >= 0.6 is 11.3 Å². The van der Waals surface area contributed by atoms with Gasteiger partial charge in [-0.25, -0.2) is 14.6 Å². The number of hydrogen-bond acceptors (Lipinski definition) is 7. The van der Waals surface area contributed by atoms with Crippen molar-refractivity contribution in [1.82, 2.24) is 14.5 Å². The van der Waals surface area contributed by atoms with Gasteiger partial charge in [-0.1, -0.05) is 30.3 Å². The average Bonchev–Trinajstić information content (AvgIpc) is 3.34. The number of fused-ring (bicyclic) bond motifs is 1. The summed E-state index contributed by atoms with van der Waals surface area (Å²) in [4.78, 5) is 44.2. The fraction of sp³-hybridized carbons (Fsp3) is 0.111. The van der Waals surface area contributed by atoms with E-state index in [1.807, 2.05) is 30.3 Å². The van der Waals surface area contributed by atoms with Crippen LogP contribution in [0.3, 0.4) is 0 Å². The van der Waals surface area contributed by atoms with Gasteiger partial charge in [0.15, 0.2) is 0 Å². The zero-order chi connectivity index (χ0) is 18.8. The summed E-state index contributed by atoms with van der Waals surface area (Å²) < 4.78 is 11.3. The molecule has 8 nitrogen and oxygen atoms in total. The second-order valence-corrected chi connectivity index (χ2v) is 6.71. The van der Waals surface area contributed by atoms with E-state index >= 15 is 0 Å². The predicted octanol–water partition coefficient (Wildman–Crippen LogP) is 2.14. The molecule has 0 saturated heterocycles. The highest BCUT2D eigenvalue weighted by molar-refractivity contribution is 7.20. The number of ether oxygens (including phenoxy) is 1. The third-order valence-corrected chi connectivity index (χ3v) is 4.89. The molecule has 0 saturated carbocycles. The van der Waals surface area contributed by atoms with Gasteiger partial charge in [0.1, 0.15) is 29.1 Å². The van der Waals surface area contributed by atoms with Crippen molar-refractivity contribution in [2.75, 3.05) is 0 Å². The molecule has 0 atom stereocenters. The second-order valence-electron chi connectivity index (χ2n) is 5.66.